The summed E-state index contributed by atoms with van der Waals surface area (Å²) in [5, 5.41) is 2.61. The van der Waals surface area contributed by atoms with Gasteiger partial charge in [-0.05, 0) is 53.2 Å². The first-order valence-corrected chi connectivity index (χ1v) is 9.73. The molecule has 30 heavy (non-hydrogen) atoms. The number of hydrogen-bond acceptors (Lipinski definition) is 3. The molecule has 1 N–H and O–H groups in total. The average molecular weight is 416 g/mol. The average Bonchev–Trinajstić information content (AvgIpc) is 2.74. The van der Waals surface area contributed by atoms with Crippen LogP contribution in [0.4, 0.5) is 10.1 Å². The topological polar surface area (TPSA) is 49.4 Å². The molecule has 1 saturated heterocycles. The fraction of sp³-hybridized carbons (Fsp3) is 0.0417. The van der Waals surface area contributed by atoms with Crippen LogP contribution < -0.4 is 10.2 Å². The minimum absolute atomic E-state index is 0.0339. The smallest absolute Gasteiger partial charge is 0.270 e. The molecule has 1 fully saturated rings. The highest BCUT2D eigenvalue weighted by molar-refractivity contribution is 7.80. The Hall–Kier alpha value is -3.64. The minimum Gasteiger partial charge on any atom is -0.298 e. The van der Waals surface area contributed by atoms with Crippen LogP contribution in [0.1, 0.15) is 16.7 Å². The second kappa shape index (κ2) is 8.39. The Balaban J connectivity index is 1.72. The minimum atomic E-state index is -0.558. The zero-order valence-corrected chi connectivity index (χ0v) is 16.7. The zero-order chi connectivity index (χ0) is 21.1. The van der Waals surface area contributed by atoms with E-state index in [-0.39, 0.29) is 16.5 Å². The Morgan fingerprint density at radius 2 is 1.50 bits per heavy atom. The van der Waals surface area contributed by atoms with Gasteiger partial charge in [-0.15, -0.1) is 0 Å². The molecule has 0 radical (unpaired) electrons. The van der Waals surface area contributed by atoms with E-state index in [1.165, 1.54) is 17.0 Å². The number of carbonyl (C=O) groups is 2. The molecule has 2 amide bonds. The number of nitrogens with one attached hydrogen (secondary N) is 1. The summed E-state index contributed by atoms with van der Waals surface area (Å²) in [6.45, 7) is 0. The van der Waals surface area contributed by atoms with Gasteiger partial charge in [-0.25, -0.2) is 4.39 Å². The van der Waals surface area contributed by atoms with Gasteiger partial charge in [-0.3, -0.25) is 19.8 Å². The van der Waals surface area contributed by atoms with Gasteiger partial charge in [-0.1, -0.05) is 60.7 Å². The lowest BCUT2D eigenvalue weighted by molar-refractivity contribution is -0.122. The monoisotopic (exact) mass is 416 g/mol. The normalized spacial score (nSPS) is 15.4. The lowest BCUT2D eigenvalue weighted by Gasteiger charge is -2.29. The highest BCUT2D eigenvalue weighted by Gasteiger charge is 2.34. The molecule has 1 aliphatic rings. The van der Waals surface area contributed by atoms with Gasteiger partial charge in [0.05, 0.1) is 5.69 Å². The highest BCUT2D eigenvalue weighted by Crippen LogP contribution is 2.24. The molecule has 0 aromatic heterocycles. The van der Waals surface area contributed by atoms with Crippen molar-refractivity contribution >= 4 is 40.9 Å². The van der Waals surface area contributed by atoms with Crippen LogP contribution in [0.15, 0.2) is 84.4 Å². The Labute approximate surface area is 178 Å². The molecule has 4 rings (SSSR count). The maximum Gasteiger partial charge on any atom is 0.270 e. The van der Waals surface area contributed by atoms with Gasteiger partial charge in [0.1, 0.15) is 11.4 Å². The number of anilines is 1. The molecule has 6 heteroatoms. The third-order valence-corrected chi connectivity index (χ3v) is 5.09. The molecule has 1 heterocycles. The van der Waals surface area contributed by atoms with Crippen LogP contribution in [0.2, 0.25) is 0 Å². The second-order valence-corrected chi connectivity index (χ2v) is 7.15. The van der Waals surface area contributed by atoms with Crippen molar-refractivity contribution in [3.8, 4) is 0 Å². The summed E-state index contributed by atoms with van der Waals surface area (Å²) in [4.78, 5) is 27.0. The van der Waals surface area contributed by atoms with Crippen LogP contribution in [0.25, 0.3) is 6.08 Å². The van der Waals surface area contributed by atoms with Crippen LogP contribution in [0.3, 0.4) is 0 Å². The third-order valence-electron chi connectivity index (χ3n) is 4.81. The van der Waals surface area contributed by atoms with Gasteiger partial charge in [0, 0.05) is 6.42 Å². The SMILES string of the molecule is O=C1NC(=S)N(c2ccccc2)C(=O)/C1=C\c1ccccc1Cc1ccccc1F. The Morgan fingerprint density at radius 1 is 0.867 bits per heavy atom. The quantitative estimate of drug-likeness (QED) is 0.393. The summed E-state index contributed by atoms with van der Waals surface area (Å²) in [5.41, 5.74) is 2.54. The predicted octanol–water partition coefficient (Wildman–Crippen LogP) is 4.25. The van der Waals surface area contributed by atoms with E-state index < -0.39 is 11.8 Å². The molecular formula is C24H17FN2O2S. The molecule has 0 bridgehead atoms. The summed E-state index contributed by atoms with van der Waals surface area (Å²) < 4.78 is 14.1. The number of benzene rings is 3. The third kappa shape index (κ3) is 3.90. The van der Waals surface area contributed by atoms with Crippen LogP contribution >= 0.6 is 12.2 Å². The summed E-state index contributed by atoms with van der Waals surface area (Å²) in [5.74, 6) is -1.36. The summed E-state index contributed by atoms with van der Waals surface area (Å²) in [6, 6.07) is 22.7. The number of thiocarbonyl (C=S) groups is 1. The standard InChI is InChI=1S/C24H17FN2O2S/c25-21-13-7-6-10-18(21)14-16-8-4-5-9-17(16)15-20-22(28)26-24(30)27(23(20)29)19-11-2-1-3-12-19/h1-13,15H,14H2,(H,26,28,30)/b20-15-. The number of nitrogens with zero attached hydrogens (tertiary/aromatic N) is 1. The van der Waals surface area contributed by atoms with Gasteiger partial charge < -0.3 is 0 Å². The van der Waals surface area contributed by atoms with Crippen molar-refractivity contribution in [2.45, 2.75) is 6.42 Å². The lowest BCUT2D eigenvalue weighted by Crippen LogP contribution is -2.54. The first-order valence-electron chi connectivity index (χ1n) is 9.32. The molecule has 0 saturated carbocycles. The first-order chi connectivity index (χ1) is 14.5. The Bertz CT molecular complexity index is 1170. The second-order valence-electron chi connectivity index (χ2n) is 6.76. The predicted molar refractivity (Wildman–Crippen MR) is 118 cm³/mol. The van der Waals surface area contributed by atoms with Crippen molar-refractivity contribution in [1.29, 1.82) is 0 Å². The van der Waals surface area contributed by atoms with E-state index in [1.807, 2.05) is 24.3 Å². The molecule has 3 aromatic carbocycles. The fourth-order valence-electron chi connectivity index (χ4n) is 3.31. The van der Waals surface area contributed by atoms with E-state index in [9.17, 15) is 14.0 Å². The molecule has 0 spiro atoms. The molecule has 0 atom stereocenters. The Kier molecular flexibility index (Phi) is 5.50. The largest absolute Gasteiger partial charge is 0.298 e. The summed E-state index contributed by atoms with van der Waals surface area (Å²) >= 11 is 5.21. The number of para-hydroxylation sites is 1. The molecule has 1 aliphatic heterocycles. The zero-order valence-electron chi connectivity index (χ0n) is 15.8. The van der Waals surface area contributed by atoms with Crippen molar-refractivity contribution in [3.05, 3.63) is 107 Å². The van der Waals surface area contributed by atoms with Crippen LogP contribution in [0.5, 0.6) is 0 Å². The van der Waals surface area contributed by atoms with Gasteiger partial charge in [0.15, 0.2) is 5.11 Å². The number of carbonyl (C=O) groups excluding carboxylic acids is 2. The van der Waals surface area contributed by atoms with Crippen molar-refractivity contribution < 1.29 is 14.0 Å². The van der Waals surface area contributed by atoms with Crippen LogP contribution in [-0.4, -0.2) is 16.9 Å². The molecule has 0 unspecified atom stereocenters. The molecule has 3 aromatic rings. The number of halogens is 1. The first kappa shape index (κ1) is 19.7. The van der Waals surface area contributed by atoms with Gasteiger partial charge >= 0.3 is 0 Å². The van der Waals surface area contributed by atoms with Crippen molar-refractivity contribution in [2.24, 2.45) is 0 Å². The molecule has 4 nitrogen and oxygen atoms in total. The van der Waals surface area contributed by atoms with E-state index >= 15 is 0 Å². The van der Waals surface area contributed by atoms with Crippen LogP contribution in [-0.2, 0) is 16.0 Å². The van der Waals surface area contributed by atoms with Gasteiger partial charge in [0.25, 0.3) is 11.8 Å². The van der Waals surface area contributed by atoms with Crippen molar-refractivity contribution in [3.63, 3.8) is 0 Å². The lowest BCUT2D eigenvalue weighted by atomic mass is 9.97. The van der Waals surface area contributed by atoms with E-state index in [0.29, 0.717) is 23.2 Å². The Morgan fingerprint density at radius 3 is 2.23 bits per heavy atom. The van der Waals surface area contributed by atoms with Crippen molar-refractivity contribution in [1.82, 2.24) is 5.32 Å². The highest BCUT2D eigenvalue weighted by atomic mass is 32.1. The number of hydrogen-bond donors (Lipinski definition) is 1. The molecule has 0 aliphatic carbocycles. The van der Waals surface area contributed by atoms with Gasteiger partial charge in [-0.2, -0.15) is 0 Å². The van der Waals surface area contributed by atoms with Gasteiger partial charge in [0.2, 0.25) is 0 Å². The van der Waals surface area contributed by atoms with Crippen molar-refractivity contribution in [2.75, 3.05) is 4.90 Å². The number of rotatable bonds is 4. The molecule has 148 valence electrons. The van der Waals surface area contributed by atoms with Crippen LogP contribution in [0, 0.1) is 5.82 Å². The van der Waals surface area contributed by atoms with E-state index in [1.54, 1.807) is 48.5 Å². The molecular weight excluding hydrogens is 399 g/mol. The van der Waals surface area contributed by atoms with E-state index in [4.69, 9.17) is 12.2 Å². The number of amides is 2. The van der Waals surface area contributed by atoms with E-state index in [2.05, 4.69) is 5.32 Å². The fourth-order valence-corrected chi connectivity index (χ4v) is 3.59. The summed E-state index contributed by atoms with van der Waals surface area (Å²) in [6.07, 6.45) is 1.87. The maximum absolute atomic E-state index is 14.1. The van der Waals surface area contributed by atoms with E-state index in [0.717, 1.165) is 5.56 Å². The summed E-state index contributed by atoms with van der Waals surface area (Å²) in [7, 11) is 0. The maximum atomic E-state index is 14.1.